The minimum Gasteiger partial charge on any atom is -0.440 e. The monoisotopic (exact) mass is 296 g/mol. The van der Waals surface area contributed by atoms with Crippen molar-refractivity contribution in [3.8, 4) is 0 Å². The summed E-state index contributed by atoms with van der Waals surface area (Å²) in [6, 6.07) is 3.11. The lowest BCUT2D eigenvalue weighted by atomic mass is 10.2. The molecule has 1 fully saturated rings. The van der Waals surface area contributed by atoms with Crippen molar-refractivity contribution in [2.24, 2.45) is 0 Å². The number of hydrogen-bond acceptors (Lipinski definition) is 5. The van der Waals surface area contributed by atoms with Crippen LogP contribution in [0.2, 0.25) is 5.22 Å². The van der Waals surface area contributed by atoms with E-state index in [1.165, 1.54) is 0 Å². The second-order valence-electron chi connectivity index (χ2n) is 4.49. The van der Waals surface area contributed by atoms with Crippen molar-refractivity contribution < 1.29 is 13.9 Å². The Labute approximate surface area is 119 Å². The van der Waals surface area contributed by atoms with Gasteiger partial charge >= 0.3 is 0 Å². The number of halogens is 1. The topological polar surface area (TPSA) is 84.2 Å². The zero-order chi connectivity index (χ0) is 14.1. The number of nitrogens with zero attached hydrogens (tertiary/aromatic N) is 3. The second-order valence-corrected chi connectivity index (χ2v) is 4.87. The third kappa shape index (κ3) is 2.54. The van der Waals surface area contributed by atoms with Crippen molar-refractivity contribution in [1.29, 1.82) is 0 Å². The molecule has 8 heteroatoms. The number of carbonyl (C=O) groups excluding carboxylic acids is 1. The van der Waals surface area contributed by atoms with Crippen LogP contribution in [0.15, 0.2) is 16.5 Å². The molecule has 3 rings (SSSR count). The van der Waals surface area contributed by atoms with Crippen LogP contribution in [0, 0.1) is 6.92 Å². The summed E-state index contributed by atoms with van der Waals surface area (Å²) in [6.45, 7) is 3.12. The minimum atomic E-state index is -0.330. The molecular weight excluding hydrogens is 284 g/mol. The Morgan fingerprint density at radius 3 is 3.05 bits per heavy atom. The Kier molecular flexibility index (Phi) is 3.45. The molecule has 0 saturated carbocycles. The van der Waals surface area contributed by atoms with Gasteiger partial charge in [0.25, 0.3) is 5.91 Å². The highest BCUT2D eigenvalue weighted by atomic mass is 35.5. The van der Waals surface area contributed by atoms with Gasteiger partial charge in [-0.25, -0.2) is 4.98 Å². The normalized spacial score (nSPS) is 19.3. The maximum absolute atomic E-state index is 12.3. The van der Waals surface area contributed by atoms with Crippen LogP contribution in [0.5, 0.6) is 0 Å². The van der Waals surface area contributed by atoms with Crippen molar-refractivity contribution in [3.05, 3.63) is 34.8 Å². The first-order chi connectivity index (χ1) is 9.63. The molecule has 0 aromatic carbocycles. The number of hydrogen-bond donors (Lipinski definition) is 1. The van der Waals surface area contributed by atoms with E-state index in [-0.39, 0.29) is 23.0 Å². The third-order valence-electron chi connectivity index (χ3n) is 3.04. The van der Waals surface area contributed by atoms with E-state index < -0.39 is 0 Å². The zero-order valence-electron chi connectivity index (χ0n) is 10.8. The Hall–Kier alpha value is -1.86. The third-order valence-corrected chi connectivity index (χ3v) is 3.24. The molecule has 3 heterocycles. The molecule has 20 heavy (non-hydrogen) atoms. The number of furan rings is 1. The van der Waals surface area contributed by atoms with Gasteiger partial charge < -0.3 is 14.1 Å². The average molecular weight is 297 g/mol. The van der Waals surface area contributed by atoms with Gasteiger partial charge in [0.15, 0.2) is 16.8 Å². The molecule has 0 bridgehead atoms. The maximum atomic E-state index is 12.3. The van der Waals surface area contributed by atoms with E-state index >= 15 is 0 Å². The summed E-state index contributed by atoms with van der Waals surface area (Å²) in [6.07, 6.45) is -0.330. The van der Waals surface area contributed by atoms with Gasteiger partial charge in [0.2, 0.25) is 0 Å². The highest BCUT2D eigenvalue weighted by Gasteiger charge is 2.29. The van der Waals surface area contributed by atoms with Crippen LogP contribution in [0.25, 0.3) is 0 Å². The van der Waals surface area contributed by atoms with Crippen LogP contribution in [0.4, 0.5) is 0 Å². The molecule has 1 aliphatic heterocycles. The molecule has 106 valence electrons. The molecule has 1 aliphatic rings. The Morgan fingerprint density at radius 2 is 2.40 bits per heavy atom. The summed E-state index contributed by atoms with van der Waals surface area (Å²) in [5.74, 6) is 1.28. The van der Waals surface area contributed by atoms with Crippen molar-refractivity contribution >= 4 is 17.5 Å². The quantitative estimate of drug-likeness (QED) is 0.909. The fourth-order valence-electron chi connectivity index (χ4n) is 2.08. The molecule has 0 aliphatic carbocycles. The zero-order valence-corrected chi connectivity index (χ0v) is 11.6. The number of nitrogens with one attached hydrogen (secondary N) is 1. The Bertz CT molecular complexity index is 624. The standard InChI is InChI=1S/C12H13ClN4O3/c1-7-14-11(16-15-7)9-6-17(4-5-19-9)12(18)8-2-3-10(13)20-8/h2-3,9H,4-6H2,1H3,(H,14,15,16)/t9-/m0/s1. The lowest BCUT2D eigenvalue weighted by Gasteiger charge is -2.30. The highest BCUT2D eigenvalue weighted by molar-refractivity contribution is 6.29. The maximum Gasteiger partial charge on any atom is 0.289 e. The van der Waals surface area contributed by atoms with Gasteiger partial charge in [0.05, 0.1) is 13.2 Å². The van der Waals surface area contributed by atoms with Gasteiger partial charge in [-0.05, 0) is 30.7 Å². The summed E-state index contributed by atoms with van der Waals surface area (Å²) < 4.78 is 10.7. The Morgan fingerprint density at radius 1 is 1.55 bits per heavy atom. The molecule has 7 nitrogen and oxygen atoms in total. The number of aromatic nitrogens is 3. The van der Waals surface area contributed by atoms with Crippen LogP contribution in [0.3, 0.4) is 0 Å². The van der Waals surface area contributed by atoms with Crippen LogP contribution in [-0.2, 0) is 4.74 Å². The molecule has 1 N–H and O–H groups in total. The summed E-state index contributed by atoms with van der Waals surface area (Å²) in [5, 5.41) is 7.03. The molecule has 1 atom stereocenters. The van der Waals surface area contributed by atoms with Crippen molar-refractivity contribution in [3.63, 3.8) is 0 Å². The largest absolute Gasteiger partial charge is 0.440 e. The minimum absolute atomic E-state index is 0.197. The second kappa shape index (κ2) is 5.26. The predicted octanol–water partition coefficient (Wildman–Crippen LogP) is 1.57. The first-order valence-electron chi connectivity index (χ1n) is 6.18. The van der Waals surface area contributed by atoms with E-state index in [4.69, 9.17) is 20.8 Å². The van der Waals surface area contributed by atoms with Crippen LogP contribution in [0.1, 0.15) is 28.3 Å². The van der Waals surface area contributed by atoms with E-state index in [1.54, 1.807) is 17.0 Å². The number of carbonyl (C=O) groups is 1. The number of rotatable bonds is 2. The lowest BCUT2D eigenvalue weighted by molar-refractivity contribution is -0.0275. The first kappa shape index (κ1) is 13.1. The summed E-state index contributed by atoms with van der Waals surface area (Å²) >= 11 is 5.68. The molecule has 1 saturated heterocycles. The van der Waals surface area contributed by atoms with Gasteiger partial charge in [-0.3, -0.25) is 9.89 Å². The van der Waals surface area contributed by atoms with Gasteiger partial charge in [-0.2, -0.15) is 5.10 Å². The smallest absolute Gasteiger partial charge is 0.289 e. The highest BCUT2D eigenvalue weighted by Crippen LogP contribution is 2.22. The molecule has 1 amide bonds. The molecule has 0 spiro atoms. The molecule has 0 radical (unpaired) electrons. The van der Waals surface area contributed by atoms with Crippen LogP contribution >= 0.6 is 11.6 Å². The van der Waals surface area contributed by atoms with E-state index in [0.717, 1.165) is 0 Å². The number of ether oxygens (including phenoxy) is 1. The van der Waals surface area contributed by atoms with E-state index in [9.17, 15) is 4.79 Å². The van der Waals surface area contributed by atoms with Gasteiger partial charge in [-0.1, -0.05) is 0 Å². The molecule has 0 unspecified atom stereocenters. The van der Waals surface area contributed by atoms with Crippen molar-refractivity contribution in [2.45, 2.75) is 13.0 Å². The fraction of sp³-hybridized carbons (Fsp3) is 0.417. The SMILES string of the molecule is Cc1nc([C@@H]2CN(C(=O)c3ccc(Cl)o3)CCO2)n[nH]1. The van der Waals surface area contributed by atoms with E-state index in [0.29, 0.717) is 31.3 Å². The summed E-state index contributed by atoms with van der Waals surface area (Å²) in [7, 11) is 0. The molecule has 2 aromatic rings. The number of H-pyrrole nitrogens is 1. The first-order valence-corrected chi connectivity index (χ1v) is 6.56. The predicted molar refractivity (Wildman–Crippen MR) is 69.4 cm³/mol. The summed E-state index contributed by atoms with van der Waals surface area (Å²) in [5.41, 5.74) is 0. The lowest BCUT2D eigenvalue weighted by Crippen LogP contribution is -2.42. The molecule has 2 aromatic heterocycles. The summed E-state index contributed by atoms with van der Waals surface area (Å²) in [4.78, 5) is 18.1. The van der Waals surface area contributed by atoms with Gasteiger partial charge in [0.1, 0.15) is 11.9 Å². The number of aryl methyl sites for hydroxylation is 1. The van der Waals surface area contributed by atoms with Gasteiger partial charge in [0, 0.05) is 6.54 Å². The number of morpholine rings is 1. The van der Waals surface area contributed by atoms with Crippen LogP contribution in [-0.4, -0.2) is 45.7 Å². The Balaban J connectivity index is 1.73. The molecular formula is C12H13ClN4O3. The fourth-order valence-corrected chi connectivity index (χ4v) is 2.23. The van der Waals surface area contributed by atoms with E-state index in [2.05, 4.69) is 15.2 Å². The van der Waals surface area contributed by atoms with Crippen molar-refractivity contribution in [2.75, 3.05) is 19.7 Å². The number of aromatic amines is 1. The van der Waals surface area contributed by atoms with Crippen LogP contribution < -0.4 is 0 Å². The van der Waals surface area contributed by atoms with E-state index in [1.807, 2.05) is 6.92 Å². The number of amides is 1. The average Bonchev–Trinajstić information content (AvgIpc) is 3.07. The van der Waals surface area contributed by atoms with Gasteiger partial charge in [-0.15, -0.1) is 0 Å². The van der Waals surface area contributed by atoms with Crippen molar-refractivity contribution in [1.82, 2.24) is 20.1 Å².